The maximum Gasteiger partial charge on any atom is 0.224 e. The molecule has 0 bridgehead atoms. The van der Waals surface area contributed by atoms with E-state index in [1.54, 1.807) is 18.3 Å². The first kappa shape index (κ1) is 27.2. The SMILES string of the molecule is CC1(C)CC[C@@H](Nc2ncc3nc(Nc4c(Cl)cc(Cl)cc4Cl)n([C@H]4CC[C@H](C(N)=O)CC4)c3n2)C[C@H]1O. The highest BCUT2D eigenvalue weighted by Gasteiger charge is 2.35. The molecule has 2 saturated carbocycles. The third-order valence-corrected chi connectivity index (χ3v) is 8.84. The molecule has 3 aromatic rings. The van der Waals surface area contributed by atoms with E-state index in [1.165, 1.54) is 0 Å². The van der Waals surface area contributed by atoms with Gasteiger partial charge in [-0.3, -0.25) is 9.36 Å². The Bertz CT molecular complexity index is 1330. The van der Waals surface area contributed by atoms with Crippen molar-refractivity contribution in [1.82, 2.24) is 19.5 Å². The minimum Gasteiger partial charge on any atom is -0.392 e. The number of nitrogens with zero attached hydrogens (tertiary/aromatic N) is 4. The number of benzene rings is 1. The number of hydrogen-bond donors (Lipinski definition) is 4. The molecule has 0 aliphatic heterocycles. The van der Waals surface area contributed by atoms with Crippen molar-refractivity contribution in [3.63, 3.8) is 0 Å². The molecule has 5 rings (SSSR count). The Hall–Kier alpha value is -2.33. The molecule has 38 heavy (non-hydrogen) atoms. The molecule has 1 amide bonds. The highest BCUT2D eigenvalue weighted by molar-refractivity contribution is 6.41. The Morgan fingerprint density at radius 3 is 2.42 bits per heavy atom. The molecule has 0 spiro atoms. The van der Waals surface area contributed by atoms with Gasteiger partial charge in [0.2, 0.25) is 17.8 Å². The lowest BCUT2D eigenvalue weighted by atomic mass is 9.73. The van der Waals surface area contributed by atoms with E-state index in [-0.39, 0.29) is 29.3 Å². The Kier molecular flexibility index (Phi) is 7.66. The zero-order valence-corrected chi connectivity index (χ0v) is 23.6. The minimum absolute atomic E-state index is 0.0306. The van der Waals surface area contributed by atoms with Gasteiger partial charge in [0.05, 0.1) is 28.0 Å². The number of aromatic nitrogens is 4. The Morgan fingerprint density at radius 1 is 1.11 bits per heavy atom. The van der Waals surface area contributed by atoms with E-state index in [4.69, 9.17) is 50.5 Å². The molecule has 0 unspecified atom stereocenters. The van der Waals surface area contributed by atoms with Crippen molar-refractivity contribution in [1.29, 1.82) is 0 Å². The fraction of sp³-hybridized carbons (Fsp3) is 0.538. The topological polar surface area (TPSA) is 131 Å². The molecule has 2 fully saturated rings. The number of fused-ring (bicyclic) bond motifs is 1. The van der Waals surface area contributed by atoms with Gasteiger partial charge in [-0.15, -0.1) is 0 Å². The van der Waals surface area contributed by atoms with Crippen molar-refractivity contribution in [2.24, 2.45) is 17.1 Å². The van der Waals surface area contributed by atoms with Crippen LogP contribution in [0.5, 0.6) is 0 Å². The first-order valence-corrected chi connectivity index (χ1v) is 14.1. The lowest BCUT2D eigenvalue weighted by molar-refractivity contribution is -0.122. The van der Waals surface area contributed by atoms with E-state index in [0.717, 1.165) is 25.7 Å². The van der Waals surface area contributed by atoms with Crippen LogP contribution in [-0.4, -0.2) is 42.7 Å². The van der Waals surface area contributed by atoms with E-state index in [1.807, 2.05) is 4.57 Å². The number of rotatable bonds is 6. The molecule has 12 heteroatoms. The number of anilines is 3. The van der Waals surface area contributed by atoms with Gasteiger partial charge in [0.15, 0.2) is 5.65 Å². The van der Waals surface area contributed by atoms with Gasteiger partial charge in [-0.25, -0.2) is 9.97 Å². The molecule has 2 aliphatic rings. The van der Waals surface area contributed by atoms with E-state index >= 15 is 0 Å². The van der Waals surface area contributed by atoms with Crippen LogP contribution in [0.1, 0.15) is 64.8 Å². The highest BCUT2D eigenvalue weighted by Crippen LogP contribution is 2.40. The number of aliphatic hydroxyl groups is 1. The van der Waals surface area contributed by atoms with Crippen molar-refractivity contribution in [3.8, 4) is 0 Å². The Morgan fingerprint density at radius 2 is 1.79 bits per heavy atom. The summed E-state index contributed by atoms with van der Waals surface area (Å²) < 4.78 is 2.04. The summed E-state index contributed by atoms with van der Waals surface area (Å²) in [6, 6.07) is 3.33. The predicted molar refractivity (Wildman–Crippen MR) is 151 cm³/mol. The van der Waals surface area contributed by atoms with Crippen molar-refractivity contribution in [2.75, 3.05) is 10.6 Å². The average Bonchev–Trinajstić information content (AvgIpc) is 3.21. The van der Waals surface area contributed by atoms with Gasteiger partial charge in [-0.1, -0.05) is 48.7 Å². The van der Waals surface area contributed by atoms with Gasteiger partial charge < -0.3 is 21.5 Å². The molecule has 2 heterocycles. The zero-order valence-electron chi connectivity index (χ0n) is 21.3. The van der Waals surface area contributed by atoms with Gasteiger partial charge >= 0.3 is 0 Å². The number of hydrogen-bond acceptors (Lipinski definition) is 7. The van der Waals surface area contributed by atoms with Gasteiger partial charge in [-0.05, 0) is 62.5 Å². The lowest BCUT2D eigenvalue weighted by Crippen LogP contribution is -2.41. The number of nitrogens with two attached hydrogens (primary N) is 1. The molecule has 0 radical (unpaired) electrons. The van der Waals surface area contributed by atoms with Crippen molar-refractivity contribution in [2.45, 2.75) is 77.0 Å². The molecule has 1 aromatic carbocycles. The summed E-state index contributed by atoms with van der Waals surface area (Å²) in [5.74, 6) is 0.612. The fourth-order valence-corrected chi connectivity index (χ4v) is 6.43. The fourth-order valence-electron chi connectivity index (χ4n) is 5.52. The van der Waals surface area contributed by atoms with Crippen molar-refractivity contribution in [3.05, 3.63) is 33.4 Å². The van der Waals surface area contributed by atoms with Crippen LogP contribution in [0.15, 0.2) is 18.3 Å². The van der Waals surface area contributed by atoms with Crippen LogP contribution in [0, 0.1) is 11.3 Å². The number of halogens is 3. The molecule has 2 aliphatic carbocycles. The van der Waals surface area contributed by atoms with Gasteiger partial charge in [0.1, 0.15) is 5.52 Å². The van der Waals surface area contributed by atoms with Crippen molar-refractivity contribution >= 4 is 69.5 Å². The number of carbonyl (C=O) groups is 1. The van der Waals surface area contributed by atoms with E-state index in [2.05, 4.69) is 29.5 Å². The van der Waals surface area contributed by atoms with Crippen LogP contribution in [0.4, 0.5) is 17.6 Å². The van der Waals surface area contributed by atoms with E-state index in [0.29, 0.717) is 63.1 Å². The molecule has 204 valence electrons. The number of nitrogens with one attached hydrogen (secondary N) is 2. The monoisotopic (exact) mass is 579 g/mol. The molecule has 9 nitrogen and oxygen atoms in total. The number of primary amides is 1. The highest BCUT2D eigenvalue weighted by atomic mass is 35.5. The van der Waals surface area contributed by atoms with Crippen molar-refractivity contribution < 1.29 is 9.90 Å². The third-order valence-electron chi connectivity index (χ3n) is 8.02. The molecule has 2 atom stereocenters. The lowest BCUT2D eigenvalue weighted by Gasteiger charge is -2.39. The quantitative estimate of drug-likeness (QED) is 0.277. The standard InChI is InChI=1S/C26H32Cl3N7O2/c1-26(2)8-7-15(11-20(26)37)32-24-31-12-19-23(35-24)36(16-5-3-13(4-6-16)22(30)38)25(33-19)34-21-17(28)9-14(27)10-18(21)29/h9-10,12-13,15-16,20,37H,3-8,11H2,1-2H3,(H2,30,38)(H,33,34)(H,31,32,35)/t13-,15-,16-,20-/m1/s1. The van der Waals surface area contributed by atoms with E-state index in [9.17, 15) is 9.90 Å². The summed E-state index contributed by atoms with van der Waals surface area (Å²) in [5, 5.41) is 18.4. The normalized spacial score (nSPS) is 25.3. The van der Waals surface area contributed by atoms with Crippen LogP contribution in [0.2, 0.25) is 15.1 Å². The zero-order chi connectivity index (χ0) is 27.2. The van der Waals surface area contributed by atoms with E-state index < -0.39 is 6.10 Å². The number of carbonyl (C=O) groups excluding carboxylic acids is 1. The second kappa shape index (κ2) is 10.7. The van der Waals surface area contributed by atoms with Crippen LogP contribution in [0.3, 0.4) is 0 Å². The molecule has 2 aromatic heterocycles. The molecular formula is C26H32Cl3N7O2. The maximum absolute atomic E-state index is 11.8. The largest absolute Gasteiger partial charge is 0.392 e. The Balaban J connectivity index is 1.49. The number of aliphatic hydroxyl groups excluding tert-OH is 1. The second-order valence-corrected chi connectivity index (χ2v) is 12.4. The summed E-state index contributed by atoms with van der Waals surface area (Å²) in [6.45, 7) is 4.19. The Labute approximate surface area is 236 Å². The van der Waals surface area contributed by atoms with Crippen LogP contribution < -0.4 is 16.4 Å². The number of amides is 1. The minimum atomic E-state index is -0.395. The van der Waals surface area contributed by atoms with Crippen LogP contribution in [0.25, 0.3) is 11.2 Å². The van der Waals surface area contributed by atoms with Gasteiger partial charge in [0.25, 0.3) is 0 Å². The number of imidazole rings is 1. The molecule has 5 N–H and O–H groups in total. The summed E-state index contributed by atoms with van der Waals surface area (Å²) in [7, 11) is 0. The summed E-state index contributed by atoms with van der Waals surface area (Å²) in [4.78, 5) is 25.9. The molecular weight excluding hydrogens is 549 g/mol. The predicted octanol–water partition coefficient (Wildman–Crippen LogP) is 6.10. The first-order chi connectivity index (χ1) is 18.0. The molecule has 0 saturated heterocycles. The second-order valence-electron chi connectivity index (χ2n) is 11.1. The average molecular weight is 581 g/mol. The first-order valence-electron chi connectivity index (χ1n) is 12.9. The van der Waals surface area contributed by atoms with Crippen LogP contribution >= 0.6 is 34.8 Å². The summed E-state index contributed by atoms with van der Waals surface area (Å²) in [6.07, 6.45) is 6.61. The summed E-state index contributed by atoms with van der Waals surface area (Å²) >= 11 is 19.0. The summed E-state index contributed by atoms with van der Waals surface area (Å²) in [5.41, 5.74) is 7.24. The van der Waals surface area contributed by atoms with Gasteiger partial charge in [-0.2, -0.15) is 4.98 Å². The third kappa shape index (κ3) is 5.52. The smallest absolute Gasteiger partial charge is 0.224 e. The maximum atomic E-state index is 11.8. The van der Waals surface area contributed by atoms with Gasteiger partial charge in [0, 0.05) is 23.0 Å². The van der Waals surface area contributed by atoms with Crippen LogP contribution in [-0.2, 0) is 4.79 Å².